The lowest BCUT2D eigenvalue weighted by molar-refractivity contribution is 0.158. The smallest absolute Gasteiger partial charge is 0.165 e. The van der Waals surface area contributed by atoms with Gasteiger partial charge in [-0.2, -0.15) is 0 Å². The fourth-order valence-corrected chi connectivity index (χ4v) is 4.64. The van der Waals surface area contributed by atoms with Crippen LogP contribution in [0.5, 0.6) is 0 Å². The Hall–Kier alpha value is -2.84. The summed E-state index contributed by atoms with van der Waals surface area (Å²) in [4.78, 5) is 1.93. The Kier molecular flexibility index (Phi) is 7.52. The minimum Gasteiger partial charge on any atom is -0.313 e. The Morgan fingerprint density at radius 2 is 1.31 bits per heavy atom. The number of hydrogen-bond donors (Lipinski definition) is 1. The van der Waals surface area contributed by atoms with E-state index in [2.05, 4.69) is 5.32 Å². The van der Waals surface area contributed by atoms with Crippen LogP contribution in [-0.2, 0) is 17.9 Å². The lowest BCUT2D eigenvalue weighted by Crippen LogP contribution is -2.28. The molecule has 0 aliphatic carbocycles. The lowest BCUT2D eigenvalue weighted by atomic mass is 9.94. The van der Waals surface area contributed by atoms with E-state index in [1.54, 1.807) is 0 Å². The first-order valence-corrected chi connectivity index (χ1v) is 11.5. The predicted octanol–water partition coefficient (Wildman–Crippen LogP) is 6.16. The van der Waals surface area contributed by atoms with Crippen LogP contribution in [0.4, 0.5) is 26.3 Å². The maximum Gasteiger partial charge on any atom is 0.165 e. The van der Waals surface area contributed by atoms with Gasteiger partial charge >= 0.3 is 0 Å². The van der Waals surface area contributed by atoms with E-state index in [9.17, 15) is 26.3 Å². The zero-order valence-corrected chi connectivity index (χ0v) is 19.0. The maximum atomic E-state index is 15.0. The quantitative estimate of drug-likeness (QED) is 0.439. The van der Waals surface area contributed by atoms with Crippen LogP contribution >= 0.6 is 0 Å². The van der Waals surface area contributed by atoms with Gasteiger partial charge < -0.3 is 5.32 Å². The van der Waals surface area contributed by atoms with Crippen molar-refractivity contribution in [3.05, 3.63) is 107 Å². The summed E-state index contributed by atoms with van der Waals surface area (Å²) in [5.74, 6) is -4.13. The summed E-state index contributed by atoms with van der Waals surface area (Å²) >= 11 is 0. The van der Waals surface area contributed by atoms with Crippen LogP contribution in [0.2, 0.25) is 0 Å². The van der Waals surface area contributed by atoms with Gasteiger partial charge in [0.05, 0.1) is 0 Å². The van der Waals surface area contributed by atoms with Crippen molar-refractivity contribution in [2.45, 2.75) is 30.7 Å². The third-order valence-electron chi connectivity index (χ3n) is 6.52. The number of hydrogen-bond acceptors (Lipinski definition) is 2. The molecule has 3 aromatic carbocycles. The molecule has 1 N–H and O–H groups in total. The van der Waals surface area contributed by atoms with Gasteiger partial charge in [0.1, 0.15) is 0 Å². The van der Waals surface area contributed by atoms with E-state index in [1.165, 1.54) is 24.3 Å². The van der Waals surface area contributed by atoms with Crippen molar-refractivity contribution in [3.63, 3.8) is 0 Å². The van der Waals surface area contributed by atoms with Crippen LogP contribution in [0.25, 0.3) is 0 Å². The van der Waals surface area contributed by atoms with Crippen LogP contribution in [0.1, 0.15) is 29.5 Å². The zero-order valence-electron chi connectivity index (χ0n) is 19.0. The fourth-order valence-electron chi connectivity index (χ4n) is 4.64. The summed E-state index contributed by atoms with van der Waals surface area (Å²) < 4.78 is 82.2. The minimum atomic E-state index is -1.82. The van der Waals surface area contributed by atoms with Gasteiger partial charge in [-0.3, -0.25) is 4.90 Å². The molecule has 5 rings (SSSR count). The molecule has 186 valence electrons. The van der Waals surface area contributed by atoms with E-state index in [0.717, 1.165) is 17.7 Å². The van der Waals surface area contributed by atoms with Crippen molar-refractivity contribution in [3.8, 4) is 0 Å². The molecule has 0 saturated carbocycles. The summed E-state index contributed by atoms with van der Waals surface area (Å²) in [6.45, 7) is 1.77. The molecule has 2 aliphatic heterocycles. The van der Waals surface area contributed by atoms with E-state index in [1.807, 2.05) is 35.2 Å². The van der Waals surface area contributed by atoms with Crippen molar-refractivity contribution in [1.82, 2.24) is 10.2 Å². The summed E-state index contributed by atoms with van der Waals surface area (Å²) in [6, 6.07) is 17.1. The van der Waals surface area contributed by atoms with Gasteiger partial charge in [-0.25, -0.2) is 26.3 Å². The molecule has 2 atom stereocenters. The standard InChI is InChI=1S/C17H16F3N.C10H10F3N/c18-15-8-4-7-14(16(15)19)17(20)9-10-21(12-17)11-13-5-2-1-3-6-13;11-8-3-1-2-7(9(8)12)10(13)4-5-14-6-10/h1-8H,9-12H2;1-3,14H,4-6H2. The molecule has 2 fully saturated rings. The first kappa shape index (κ1) is 25.3. The normalized spacial score (nSPS) is 24.3. The molecule has 0 spiro atoms. The Morgan fingerprint density at radius 3 is 1.89 bits per heavy atom. The summed E-state index contributed by atoms with van der Waals surface area (Å²) in [5, 5.41) is 2.79. The summed E-state index contributed by atoms with van der Waals surface area (Å²) in [7, 11) is 0. The minimum absolute atomic E-state index is 0.0490. The Balaban J connectivity index is 0.000000179. The maximum absolute atomic E-state index is 15.0. The average Bonchev–Trinajstić information content (AvgIpc) is 3.45. The third kappa shape index (κ3) is 5.54. The molecule has 0 aromatic heterocycles. The lowest BCUT2D eigenvalue weighted by Gasteiger charge is -2.22. The third-order valence-corrected chi connectivity index (χ3v) is 6.52. The molecule has 2 unspecified atom stereocenters. The Morgan fingerprint density at radius 1 is 0.714 bits per heavy atom. The summed E-state index contributed by atoms with van der Waals surface area (Å²) in [6.07, 6.45) is 0.369. The zero-order chi connectivity index (χ0) is 25.1. The number of halogens is 6. The first-order valence-electron chi connectivity index (χ1n) is 11.5. The number of alkyl halides is 2. The molecule has 3 aromatic rings. The molecule has 0 bridgehead atoms. The average molecular weight is 493 g/mol. The largest absolute Gasteiger partial charge is 0.313 e. The fraction of sp³-hybridized carbons (Fsp3) is 0.333. The van der Waals surface area contributed by atoms with E-state index >= 15 is 0 Å². The molecular formula is C27H26F6N2. The van der Waals surface area contributed by atoms with E-state index in [-0.39, 0.29) is 37.1 Å². The second-order valence-corrected chi connectivity index (χ2v) is 9.01. The highest BCUT2D eigenvalue weighted by molar-refractivity contribution is 5.28. The van der Waals surface area contributed by atoms with Crippen LogP contribution < -0.4 is 5.32 Å². The van der Waals surface area contributed by atoms with E-state index in [4.69, 9.17) is 0 Å². The van der Waals surface area contributed by atoms with Crippen LogP contribution in [-0.4, -0.2) is 31.1 Å². The van der Waals surface area contributed by atoms with Crippen molar-refractivity contribution in [1.29, 1.82) is 0 Å². The van der Waals surface area contributed by atoms with Gasteiger partial charge in [0, 0.05) is 37.3 Å². The molecule has 0 radical (unpaired) electrons. The van der Waals surface area contributed by atoms with Gasteiger partial charge in [0.15, 0.2) is 34.6 Å². The topological polar surface area (TPSA) is 15.3 Å². The predicted molar refractivity (Wildman–Crippen MR) is 122 cm³/mol. The van der Waals surface area contributed by atoms with Gasteiger partial charge in [-0.15, -0.1) is 0 Å². The van der Waals surface area contributed by atoms with E-state index in [0.29, 0.717) is 19.6 Å². The van der Waals surface area contributed by atoms with E-state index < -0.39 is 34.6 Å². The number of nitrogens with zero attached hydrogens (tertiary/aromatic N) is 1. The highest BCUT2D eigenvalue weighted by Crippen LogP contribution is 2.38. The van der Waals surface area contributed by atoms with Crippen LogP contribution in [0, 0.1) is 23.3 Å². The van der Waals surface area contributed by atoms with Crippen molar-refractivity contribution in [2.24, 2.45) is 0 Å². The molecule has 2 nitrogen and oxygen atoms in total. The Bertz CT molecular complexity index is 1150. The number of benzene rings is 3. The van der Waals surface area contributed by atoms with Crippen LogP contribution in [0.3, 0.4) is 0 Å². The van der Waals surface area contributed by atoms with Gasteiger partial charge in [0.2, 0.25) is 0 Å². The second kappa shape index (κ2) is 10.4. The molecule has 0 amide bonds. The number of nitrogens with one attached hydrogen (secondary N) is 1. The number of likely N-dealkylation sites (tertiary alicyclic amines) is 1. The van der Waals surface area contributed by atoms with Gasteiger partial charge in [-0.05, 0) is 37.1 Å². The number of rotatable bonds is 4. The molecule has 2 aliphatic rings. The van der Waals surface area contributed by atoms with Gasteiger partial charge in [0.25, 0.3) is 0 Å². The highest BCUT2D eigenvalue weighted by atomic mass is 19.2. The highest BCUT2D eigenvalue weighted by Gasteiger charge is 2.42. The molecule has 8 heteroatoms. The molecule has 2 heterocycles. The van der Waals surface area contributed by atoms with Crippen molar-refractivity contribution < 1.29 is 26.3 Å². The SMILES string of the molecule is Fc1cccc(C2(F)CCN(Cc3ccccc3)C2)c1F.Fc1cccc(C2(F)CCNC2)c1F. The summed E-state index contributed by atoms with van der Waals surface area (Å²) in [5.41, 5.74) is -2.84. The second-order valence-electron chi connectivity index (χ2n) is 9.01. The monoisotopic (exact) mass is 492 g/mol. The van der Waals surface area contributed by atoms with Gasteiger partial charge in [-0.1, -0.05) is 54.6 Å². The van der Waals surface area contributed by atoms with Crippen molar-refractivity contribution in [2.75, 3.05) is 26.2 Å². The molecule has 2 saturated heterocycles. The molecular weight excluding hydrogens is 466 g/mol. The van der Waals surface area contributed by atoms with Crippen molar-refractivity contribution >= 4 is 0 Å². The van der Waals surface area contributed by atoms with Crippen LogP contribution in [0.15, 0.2) is 66.7 Å². The molecule has 35 heavy (non-hydrogen) atoms. The first-order chi connectivity index (χ1) is 16.7. The Labute approximate surface area is 200 Å².